The van der Waals surface area contributed by atoms with Gasteiger partial charge < -0.3 is 10.2 Å². The van der Waals surface area contributed by atoms with E-state index in [2.05, 4.69) is 56.6 Å². The van der Waals surface area contributed by atoms with Gasteiger partial charge in [0.25, 0.3) is 0 Å². The van der Waals surface area contributed by atoms with Gasteiger partial charge >= 0.3 is 0 Å². The van der Waals surface area contributed by atoms with Crippen molar-refractivity contribution in [3.05, 3.63) is 36.0 Å². The number of hydrogen-bond donors (Lipinski definition) is 1. The van der Waals surface area contributed by atoms with Crippen molar-refractivity contribution in [2.75, 3.05) is 18.0 Å². The van der Waals surface area contributed by atoms with Crippen molar-refractivity contribution in [1.82, 2.24) is 10.3 Å². The Bertz CT molecular complexity index is 413. The summed E-state index contributed by atoms with van der Waals surface area (Å²) in [6.45, 7) is 15.3. The van der Waals surface area contributed by atoms with Crippen molar-refractivity contribution in [2.45, 2.75) is 53.1 Å². The highest BCUT2D eigenvalue weighted by Gasteiger charge is 2.12. The van der Waals surface area contributed by atoms with Crippen LogP contribution in [0.4, 0.5) is 5.82 Å². The maximum Gasteiger partial charge on any atom is 0.129 e. The second-order valence-electron chi connectivity index (χ2n) is 5.39. The van der Waals surface area contributed by atoms with Crippen LogP contribution in [0, 0.1) is 0 Å². The van der Waals surface area contributed by atoms with Gasteiger partial charge in [0.05, 0.1) is 0 Å². The molecule has 0 fully saturated rings. The summed E-state index contributed by atoms with van der Waals surface area (Å²) >= 11 is 0. The molecule has 1 heterocycles. The van der Waals surface area contributed by atoms with Crippen molar-refractivity contribution < 1.29 is 0 Å². The standard InChI is InChI=1S/C17H29N3/c1-6-9-16-11-15(13-18-8-3)12-17(19-16)20(10-7-2)14(4)5/h7,11-12,14,18H,2,6,8-10,13H2,1,3-5H3. The van der Waals surface area contributed by atoms with E-state index in [0.29, 0.717) is 6.04 Å². The largest absolute Gasteiger partial charge is 0.350 e. The molecule has 0 aromatic carbocycles. The Hall–Kier alpha value is -1.35. The monoisotopic (exact) mass is 275 g/mol. The molecule has 1 aromatic rings. The Morgan fingerprint density at radius 3 is 2.65 bits per heavy atom. The highest BCUT2D eigenvalue weighted by molar-refractivity contribution is 5.44. The minimum absolute atomic E-state index is 0.421. The summed E-state index contributed by atoms with van der Waals surface area (Å²) in [5, 5.41) is 3.39. The predicted octanol–water partition coefficient (Wildman–Crippen LogP) is 3.54. The molecule has 0 aliphatic carbocycles. The van der Waals surface area contributed by atoms with Crippen LogP contribution in [0.5, 0.6) is 0 Å². The van der Waals surface area contributed by atoms with Crippen LogP contribution in [0.3, 0.4) is 0 Å². The van der Waals surface area contributed by atoms with E-state index < -0.39 is 0 Å². The number of rotatable bonds is 9. The van der Waals surface area contributed by atoms with Crippen LogP contribution in [0.2, 0.25) is 0 Å². The van der Waals surface area contributed by atoms with Gasteiger partial charge in [0.1, 0.15) is 5.82 Å². The van der Waals surface area contributed by atoms with Crippen LogP contribution in [-0.2, 0) is 13.0 Å². The molecule has 0 aliphatic heterocycles. The van der Waals surface area contributed by atoms with Gasteiger partial charge in [0.2, 0.25) is 0 Å². The fraction of sp³-hybridized carbons (Fsp3) is 0.588. The molecule has 0 atom stereocenters. The highest BCUT2D eigenvalue weighted by atomic mass is 15.2. The number of anilines is 1. The van der Waals surface area contributed by atoms with Gasteiger partial charge in [0, 0.05) is 24.8 Å². The van der Waals surface area contributed by atoms with E-state index in [1.165, 1.54) is 11.3 Å². The first-order chi connectivity index (χ1) is 9.62. The lowest BCUT2D eigenvalue weighted by molar-refractivity contribution is 0.698. The molecule has 0 radical (unpaired) electrons. The Kier molecular flexibility index (Phi) is 7.31. The molecule has 3 nitrogen and oxygen atoms in total. The maximum absolute atomic E-state index is 4.82. The summed E-state index contributed by atoms with van der Waals surface area (Å²) in [7, 11) is 0. The van der Waals surface area contributed by atoms with Crippen molar-refractivity contribution in [2.24, 2.45) is 0 Å². The van der Waals surface area contributed by atoms with Crippen LogP contribution in [-0.4, -0.2) is 24.1 Å². The summed E-state index contributed by atoms with van der Waals surface area (Å²) in [5.74, 6) is 1.07. The second-order valence-corrected chi connectivity index (χ2v) is 5.39. The first kappa shape index (κ1) is 16.7. The van der Waals surface area contributed by atoms with Crippen molar-refractivity contribution in [1.29, 1.82) is 0 Å². The second kappa shape index (κ2) is 8.75. The van der Waals surface area contributed by atoms with Crippen LogP contribution in [0.25, 0.3) is 0 Å². The van der Waals surface area contributed by atoms with Crippen LogP contribution in [0.15, 0.2) is 24.8 Å². The molecule has 0 aliphatic rings. The quantitative estimate of drug-likeness (QED) is 0.699. The van der Waals surface area contributed by atoms with E-state index in [1.807, 2.05) is 6.08 Å². The SMILES string of the molecule is C=CCN(c1cc(CNCC)cc(CCC)n1)C(C)C. The fourth-order valence-corrected chi connectivity index (χ4v) is 2.24. The molecule has 0 spiro atoms. The normalized spacial score (nSPS) is 10.8. The lowest BCUT2D eigenvalue weighted by Gasteiger charge is -2.27. The van der Waals surface area contributed by atoms with Crippen molar-refractivity contribution in [3.63, 3.8) is 0 Å². The molecular formula is C17H29N3. The molecule has 0 amide bonds. The van der Waals surface area contributed by atoms with Gasteiger partial charge in [-0.15, -0.1) is 6.58 Å². The number of pyridine rings is 1. The van der Waals surface area contributed by atoms with Crippen molar-refractivity contribution in [3.8, 4) is 0 Å². The fourth-order valence-electron chi connectivity index (χ4n) is 2.24. The van der Waals surface area contributed by atoms with E-state index in [0.717, 1.165) is 38.3 Å². The number of nitrogens with one attached hydrogen (secondary N) is 1. The summed E-state index contributed by atoms with van der Waals surface area (Å²) in [6, 6.07) is 4.84. The van der Waals surface area contributed by atoms with E-state index in [-0.39, 0.29) is 0 Å². The first-order valence-electron chi connectivity index (χ1n) is 7.70. The summed E-state index contributed by atoms with van der Waals surface area (Å²) in [4.78, 5) is 7.12. The number of aromatic nitrogens is 1. The summed E-state index contributed by atoms with van der Waals surface area (Å²) in [5.41, 5.74) is 2.50. The highest BCUT2D eigenvalue weighted by Crippen LogP contribution is 2.18. The zero-order valence-electron chi connectivity index (χ0n) is 13.4. The van der Waals surface area contributed by atoms with Gasteiger partial charge in [-0.1, -0.05) is 26.3 Å². The molecule has 3 heteroatoms. The van der Waals surface area contributed by atoms with Crippen LogP contribution >= 0.6 is 0 Å². The minimum atomic E-state index is 0.421. The van der Waals surface area contributed by atoms with Crippen molar-refractivity contribution >= 4 is 5.82 Å². The van der Waals surface area contributed by atoms with Gasteiger partial charge in [-0.2, -0.15) is 0 Å². The Morgan fingerprint density at radius 1 is 1.35 bits per heavy atom. The Labute approximate surface area is 124 Å². The van der Waals surface area contributed by atoms with E-state index >= 15 is 0 Å². The molecule has 1 N–H and O–H groups in total. The van der Waals surface area contributed by atoms with Gasteiger partial charge in [-0.25, -0.2) is 4.98 Å². The number of hydrogen-bond acceptors (Lipinski definition) is 3. The maximum atomic E-state index is 4.82. The van der Waals surface area contributed by atoms with E-state index in [9.17, 15) is 0 Å². The Morgan fingerprint density at radius 2 is 2.10 bits per heavy atom. The summed E-state index contributed by atoms with van der Waals surface area (Å²) in [6.07, 6.45) is 4.10. The lowest BCUT2D eigenvalue weighted by atomic mass is 10.1. The van der Waals surface area contributed by atoms with E-state index in [1.54, 1.807) is 0 Å². The van der Waals surface area contributed by atoms with Gasteiger partial charge in [0.15, 0.2) is 0 Å². The zero-order chi connectivity index (χ0) is 15.0. The first-order valence-corrected chi connectivity index (χ1v) is 7.70. The predicted molar refractivity (Wildman–Crippen MR) is 88.3 cm³/mol. The van der Waals surface area contributed by atoms with Crippen LogP contribution in [0.1, 0.15) is 45.4 Å². The van der Waals surface area contributed by atoms with Crippen LogP contribution < -0.4 is 10.2 Å². The lowest BCUT2D eigenvalue weighted by Crippen LogP contribution is -2.32. The molecule has 0 saturated carbocycles. The molecule has 0 bridgehead atoms. The molecule has 112 valence electrons. The average molecular weight is 275 g/mol. The Balaban J connectivity index is 3.07. The average Bonchev–Trinajstić information content (AvgIpc) is 2.42. The zero-order valence-corrected chi connectivity index (χ0v) is 13.4. The van der Waals surface area contributed by atoms with E-state index in [4.69, 9.17) is 4.98 Å². The third kappa shape index (κ3) is 4.97. The molecule has 1 rings (SSSR count). The number of nitrogens with zero attached hydrogens (tertiary/aromatic N) is 2. The smallest absolute Gasteiger partial charge is 0.129 e. The topological polar surface area (TPSA) is 28.2 Å². The van der Waals surface area contributed by atoms with Gasteiger partial charge in [-0.05, 0) is 44.5 Å². The van der Waals surface area contributed by atoms with Gasteiger partial charge in [-0.3, -0.25) is 0 Å². The third-order valence-corrected chi connectivity index (χ3v) is 3.25. The molecule has 0 saturated heterocycles. The molecule has 0 unspecified atom stereocenters. The molecule has 1 aromatic heterocycles. The summed E-state index contributed by atoms with van der Waals surface area (Å²) < 4.78 is 0. The molecule has 20 heavy (non-hydrogen) atoms. The minimum Gasteiger partial charge on any atom is -0.350 e. The third-order valence-electron chi connectivity index (χ3n) is 3.25. The molecular weight excluding hydrogens is 246 g/mol. The number of aryl methyl sites for hydroxylation is 1.